The van der Waals surface area contributed by atoms with Gasteiger partial charge in [-0.05, 0) is 44.7 Å². The lowest BCUT2D eigenvalue weighted by Gasteiger charge is -2.24. The highest BCUT2D eigenvalue weighted by Gasteiger charge is 2.19. The van der Waals surface area contributed by atoms with Gasteiger partial charge in [0.15, 0.2) is 0 Å². The van der Waals surface area contributed by atoms with E-state index in [0.29, 0.717) is 0 Å². The molecule has 0 spiro atoms. The second-order valence-corrected chi connectivity index (χ2v) is 5.01. The van der Waals surface area contributed by atoms with E-state index in [0.717, 1.165) is 25.0 Å². The zero-order valence-corrected chi connectivity index (χ0v) is 11.4. The van der Waals surface area contributed by atoms with Crippen LogP contribution in [0.1, 0.15) is 50.9 Å². The summed E-state index contributed by atoms with van der Waals surface area (Å²) in [5.41, 5.74) is 8.38. The standard InChI is InChI=1S/C14H24N2O/c1-5-11-7-6-10-16-13(11)12(15)8-9-14(2,3)17-4/h6-7,10,12H,5,8-9,15H2,1-4H3. The van der Waals surface area contributed by atoms with E-state index >= 15 is 0 Å². The van der Waals surface area contributed by atoms with E-state index in [4.69, 9.17) is 10.5 Å². The maximum absolute atomic E-state index is 6.22. The number of hydrogen-bond donors (Lipinski definition) is 1. The van der Waals surface area contributed by atoms with Crippen LogP contribution in [0.3, 0.4) is 0 Å². The molecular formula is C14H24N2O. The number of aryl methyl sites for hydroxylation is 1. The third-order valence-electron chi connectivity index (χ3n) is 3.27. The van der Waals surface area contributed by atoms with E-state index in [1.807, 2.05) is 12.3 Å². The van der Waals surface area contributed by atoms with Gasteiger partial charge in [-0.25, -0.2) is 0 Å². The van der Waals surface area contributed by atoms with Crippen LogP contribution in [0.2, 0.25) is 0 Å². The van der Waals surface area contributed by atoms with Gasteiger partial charge in [-0.15, -0.1) is 0 Å². The van der Waals surface area contributed by atoms with Crippen molar-refractivity contribution in [3.63, 3.8) is 0 Å². The Morgan fingerprint density at radius 2 is 2.18 bits per heavy atom. The van der Waals surface area contributed by atoms with E-state index in [9.17, 15) is 0 Å². The van der Waals surface area contributed by atoms with Gasteiger partial charge in [0.1, 0.15) is 0 Å². The van der Waals surface area contributed by atoms with Crippen molar-refractivity contribution in [2.24, 2.45) is 5.73 Å². The molecule has 0 bridgehead atoms. The zero-order valence-electron chi connectivity index (χ0n) is 11.4. The van der Waals surface area contributed by atoms with Crippen molar-refractivity contribution in [1.29, 1.82) is 0 Å². The number of methoxy groups -OCH3 is 1. The van der Waals surface area contributed by atoms with E-state index in [1.54, 1.807) is 7.11 Å². The summed E-state index contributed by atoms with van der Waals surface area (Å²) in [4.78, 5) is 4.41. The lowest BCUT2D eigenvalue weighted by atomic mass is 9.95. The van der Waals surface area contributed by atoms with E-state index in [2.05, 4.69) is 31.8 Å². The van der Waals surface area contributed by atoms with E-state index in [-0.39, 0.29) is 11.6 Å². The van der Waals surface area contributed by atoms with Crippen LogP contribution >= 0.6 is 0 Å². The molecule has 0 fully saturated rings. The topological polar surface area (TPSA) is 48.1 Å². The molecule has 0 aliphatic rings. The minimum Gasteiger partial charge on any atom is -0.379 e. The largest absolute Gasteiger partial charge is 0.379 e. The van der Waals surface area contributed by atoms with Crippen LogP contribution in [-0.4, -0.2) is 17.7 Å². The van der Waals surface area contributed by atoms with Crippen LogP contribution in [0.25, 0.3) is 0 Å². The third-order valence-corrected chi connectivity index (χ3v) is 3.27. The lowest BCUT2D eigenvalue weighted by molar-refractivity contribution is 0.0124. The first-order valence-electron chi connectivity index (χ1n) is 6.24. The van der Waals surface area contributed by atoms with Crippen LogP contribution in [0.4, 0.5) is 0 Å². The van der Waals surface area contributed by atoms with Crippen molar-refractivity contribution in [2.45, 2.75) is 51.7 Å². The van der Waals surface area contributed by atoms with Gasteiger partial charge in [0.25, 0.3) is 0 Å². The average molecular weight is 236 g/mol. The molecule has 0 amide bonds. The molecule has 1 rings (SSSR count). The second-order valence-electron chi connectivity index (χ2n) is 5.01. The van der Waals surface area contributed by atoms with Gasteiger partial charge in [-0.3, -0.25) is 4.98 Å². The second kappa shape index (κ2) is 6.12. The molecule has 1 aromatic rings. The Kier molecular flexibility index (Phi) is 5.09. The predicted molar refractivity (Wildman–Crippen MR) is 70.9 cm³/mol. The SMILES string of the molecule is CCc1cccnc1C(N)CCC(C)(C)OC. The van der Waals surface area contributed by atoms with Crippen molar-refractivity contribution in [1.82, 2.24) is 4.98 Å². The number of pyridine rings is 1. The van der Waals surface area contributed by atoms with Crippen LogP contribution in [-0.2, 0) is 11.2 Å². The van der Waals surface area contributed by atoms with Gasteiger partial charge in [0.05, 0.1) is 11.3 Å². The molecule has 0 aliphatic heterocycles. The maximum Gasteiger partial charge on any atom is 0.0623 e. The molecule has 3 nitrogen and oxygen atoms in total. The molecular weight excluding hydrogens is 212 g/mol. The van der Waals surface area contributed by atoms with Gasteiger partial charge in [-0.1, -0.05) is 13.0 Å². The summed E-state index contributed by atoms with van der Waals surface area (Å²) in [6.07, 6.45) is 4.62. The fourth-order valence-electron chi connectivity index (χ4n) is 1.83. The van der Waals surface area contributed by atoms with Crippen LogP contribution in [0, 0.1) is 0 Å². The van der Waals surface area contributed by atoms with Gasteiger partial charge in [0, 0.05) is 19.3 Å². The van der Waals surface area contributed by atoms with Gasteiger partial charge >= 0.3 is 0 Å². The molecule has 1 unspecified atom stereocenters. The summed E-state index contributed by atoms with van der Waals surface area (Å²) in [5.74, 6) is 0. The average Bonchev–Trinajstić information content (AvgIpc) is 2.36. The summed E-state index contributed by atoms with van der Waals surface area (Å²) in [7, 11) is 1.74. The molecule has 96 valence electrons. The molecule has 1 aromatic heterocycles. The van der Waals surface area contributed by atoms with Crippen molar-refractivity contribution in [3.8, 4) is 0 Å². The quantitative estimate of drug-likeness (QED) is 0.826. The highest BCUT2D eigenvalue weighted by atomic mass is 16.5. The molecule has 1 heterocycles. The minimum absolute atomic E-state index is 0.000532. The number of aromatic nitrogens is 1. The molecule has 1 atom stereocenters. The number of nitrogens with zero attached hydrogens (tertiary/aromatic N) is 1. The fraction of sp³-hybridized carbons (Fsp3) is 0.643. The van der Waals surface area contributed by atoms with Crippen molar-refractivity contribution in [2.75, 3.05) is 7.11 Å². The highest BCUT2D eigenvalue weighted by molar-refractivity contribution is 5.22. The Labute approximate surface area is 104 Å². The first-order chi connectivity index (χ1) is 8.00. The molecule has 17 heavy (non-hydrogen) atoms. The van der Waals surface area contributed by atoms with Crippen LogP contribution < -0.4 is 5.73 Å². The minimum atomic E-state index is -0.112. The van der Waals surface area contributed by atoms with Crippen LogP contribution in [0.15, 0.2) is 18.3 Å². The Morgan fingerprint density at radius 1 is 1.47 bits per heavy atom. The fourth-order valence-corrected chi connectivity index (χ4v) is 1.83. The highest BCUT2D eigenvalue weighted by Crippen LogP contribution is 2.23. The first-order valence-corrected chi connectivity index (χ1v) is 6.24. The molecule has 0 radical (unpaired) electrons. The molecule has 0 saturated heterocycles. The number of nitrogens with two attached hydrogens (primary N) is 1. The van der Waals surface area contributed by atoms with Gasteiger partial charge in [0.2, 0.25) is 0 Å². The molecule has 2 N–H and O–H groups in total. The number of rotatable bonds is 6. The third kappa shape index (κ3) is 4.10. The van der Waals surface area contributed by atoms with Crippen molar-refractivity contribution >= 4 is 0 Å². The van der Waals surface area contributed by atoms with Gasteiger partial charge in [-0.2, -0.15) is 0 Å². The van der Waals surface area contributed by atoms with Gasteiger partial charge < -0.3 is 10.5 Å². The zero-order chi connectivity index (χ0) is 12.9. The molecule has 0 saturated carbocycles. The Bertz CT molecular complexity index is 350. The molecule has 0 aromatic carbocycles. The smallest absolute Gasteiger partial charge is 0.0623 e. The summed E-state index contributed by atoms with van der Waals surface area (Å²) >= 11 is 0. The molecule has 3 heteroatoms. The van der Waals surface area contributed by atoms with Crippen molar-refractivity contribution < 1.29 is 4.74 Å². The van der Waals surface area contributed by atoms with Crippen molar-refractivity contribution in [3.05, 3.63) is 29.6 Å². The van der Waals surface area contributed by atoms with E-state index in [1.165, 1.54) is 5.56 Å². The first kappa shape index (κ1) is 14.1. The Balaban J connectivity index is 2.67. The normalized spacial score (nSPS) is 13.7. The van der Waals surface area contributed by atoms with E-state index < -0.39 is 0 Å². The monoisotopic (exact) mass is 236 g/mol. The molecule has 0 aliphatic carbocycles. The lowest BCUT2D eigenvalue weighted by Crippen LogP contribution is -2.25. The summed E-state index contributed by atoms with van der Waals surface area (Å²) in [5, 5.41) is 0. The Hall–Kier alpha value is -0.930. The summed E-state index contributed by atoms with van der Waals surface area (Å²) < 4.78 is 5.40. The maximum atomic E-state index is 6.22. The number of ether oxygens (including phenoxy) is 1. The predicted octanol–water partition coefficient (Wildman–Crippen LogP) is 2.85. The summed E-state index contributed by atoms with van der Waals surface area (Å²) in [6, 6.07) is 4.07. The summed E-state index contributed by atoms with van der Waals surface area (Å²) in [6.45, 7) is 6.30. The Morgan fingerprint density at radius 3 is 2.76 bits per heavy atom. The number of hydrogen-bond acceptors (Lipinski definition) is 3. The van der Waals surface area contributed by atoms with Crippen LogP contribution in [0.5, 0.6) is 0 Å².